The third-order valence-electron chi connectivity index (χ3n) is 3.39. The van der Waals surface area contributed by atoms with Crippen molar-refractivity contribution in [1.29, 1.82) is 0 Å². The van der Waals surface area contributed by atoms with E-state index in [0.717, 1.165) is 5.56 Å². The SMILES string of the molecule is COc1ccc(CCNC(=O)Nc2ccc(N)cc2Cl)cc1OC. The minimum atomic E-state index is -0.331. The van der Waals surface area contributed by atoms with Gasteiger partial charge in [0.1, 0.15) is 0 Å². The van der Waals surface area contributed by atoms with Crippen LogP contribution in [0.4, 0.5) is 16.2 Å². The van der Waals surface area contributed by atoms with Crippen LogP contribution in [0.1, 0.15) is 5.56 Å². The maximum atomic E-state index is 11.9. The summed E-state index contributed by atoms with van der Waals surface area (Å²) in [7, 11) is 3.18. The molecule has 4 N–H and O–H groups in total. The van der Waals surface area contributed by atoms with Crippen molar-refractivity contribution in [2.45, 2.75) is 6.42 Å². The molecule has 7 heteroatoms. The summed E-state index contributed by atoms with van der Waals surface area (Å²) in [6.07, 6.45) is 0.656. The second-order valence-electron chi connectivity index (χ2n) is 5.06. The van der Waals surface area contributed by atoms with Crippen molar-refractivity contribution in [3.05, 3.63) is 47.0 Å². The number of halogens is 1. The number of urea groups is 1. The number of amides is 2. The van der Waals surface area contributed by atoms with E-state index in [1.807, 2.05) is 18.2 Å². The van der Waals surface area contributed by atoms with Crippen LogP contribution >= 0.6 is 11.6 Å². The summed E-state index contributed by atoms with van der Waals surface area (Å²) in [5.74, 6) is 1.33. The first-order chi connectivity index (χ1) is 11.5. The van der Waals surface area contributed by atoms with E-state index in [9.17, 15) is 4.79 Å². The summed E-state index contributed by atoms with van der Waals surface area (Å²) < 4.78 is 10.5. The number of benzene rings is 2. The van der Waals surface area contributed by atoms with E-state index >= 15 is 0 Å². The highest BCUT2D eigenvalue weighted by molar-refractivity contribution is 6.34. The Morgan fingerprint density at radius 3 is 2.54 bits per heavy atom. The van der Waals surface area contributed by atoms with Crippen LogP contribution < -0.4 is 25.8 Å². The van der Waals surface area contributed by atoms with Gasteiger partial charge >= 0.3 is 6.03 Å². The van der Waals surface area contributed by atoms with Gasteiger partial charge in [0.2, 0.25) is 0 Å². The topological polar surface area (TPSA) is 85.6 Å². The van der Waals surface area contributed by atoms with Crippen molar-refractivity contribution in [1.82, 2.24) is 5.32 Å². The number of methoxy groups -OCH3 is 2. The summed E-state index contributed by atoms with van der Waals surface area (Å²) in [6, 6.07) is 10.2. The third-order valence-corrected chi connectivity index (χ3v) is 3.70. The van der Waals surface area contributed by atoms with Crippen molar-refractivity contribution >= 4 is 29.0 Å². The van der Waals surface area contributed by atoms with Gasteiger partial charge in [-0.2, -0.15) is 0 Å². The summed E-state index contributed by atoms with van der Waals surface area (Å²) in [6.45, 7) is 0.466. The van der Waals surface area contributed by atoms with Crippen molar-refractivity contribution in [2.24, 2.45) is 0 Å². The smallest absolute Gasteiger partial charge is 0.319 e. The van der Waals surface area contributed by atoms with Crippen LogP contribution in [-0.4, -0.2) is 26.8 Å². The standard InChI is InChI=1S/C17H20ClN3O3/c1-23-15-6-3-11(9-16(15)24-2)7-8-20-17(22)21-14-5-4-12(19)10-13(14)18/h3-6,9-10H,7-8,19H2,1-2H3,(H2,20,21,22). The van der Waals surface area contributed by atoms with Crippen LogP contribution in [0, 0.1) is 0 Å². The minimum absolute atomic E-state index is 0.331. The molecular weight excluding hydrogens is 330 g/mol. The molecule has 0 radical (unpaired) electrons. The average Bonchev–Trinajstić information content (AvgIpc) is 2.57. The van der Waals surface area contributed by atoms with E-state index in [4.69, 9.17) is 26.8 Å². The Hall–Kier alpha value is -2.60. The number of nitrogens with two attached hydrogens (primary N) is 1. The highest BCUT2D eigenvalue weighted by Gasteiger charge is 2.07. The Morgan fingerprint density at radius 1 is 1.12 bits per heavy atom. The number of hydrogen-bond acceptors (Lipinski definition) is 4. The molecule has 0 saturated carbocycles. The summed E-state index contributed by atoms with van der Waals surface area (Å²) >= 11 is 6.02. The van der Waals surface area contributed by atoms with Crippen LogP contribution in [0.5, 0.6) is 11.5 Å². The van der Waals surface area contributed by atoms with Crippen molar-refractivity contribution < 1.29 is 14.3 Å². The molecule has 0 fully saturated rings. The molecular formula is C17H20ClN3O3. The van der Waals surface area contributed by atoms with Crippen LogP contribution in [0.25, 0.3) is 0 Å². The third kappa shape index (κ3) is 4.70. The molecule has 0 aliphatic rings. The van der Waals surface area contributed by atoms with Gasteiger partial charge in [0, 0.05) is 12.2 Å². The highest BCUT2D eigenvalue weighted by atomic mass is 35.5. The second-order valence-corrected chi connectivity index (χ2v) is 5.47. The van der Waals surface area contributed by atoms with E-state index in [0.29, 0.717) is 40.9 Å². The molecule has 128 valence electrons. The van der Waals surface area contributed by atoms with Gasteiger partial charge in [-0.3, -0.25) is 0 Å². The Labute approximate surface area is 145 Å². The van der Waals surface area contributed by atoms with Gasteiger partial charge in [-0.15, -0.1) is 0 Å². The maximum absolute atomic E-state index is 11.9. The summed E-state index contributed by atoms with van der Waals surface area (Å²) in [4.78, 5) is 11.9. The number of nitrogen functional groups attached to an aromatic ring is 1. The zero-order chi connectivity index (χ0) is 17.5. The lowest BCUT2D eigenvalue weighted by Crippen LogP contribution is -2.30. The number of carbonyl (C=O) groups excluding carboxylic acids is 1. The quantitative estimate of drug-likeness (QED) is 0.698. The van der Waals surface area contributed by atoms with Crippen LogP contribution in [0.15, 0.2) is 36.4 Å². The van der Waals surface area contributed by atoms with E-state index in [-0.39, 0.29) is 6.03 Å². The zero-order valence-corrected chi connectivity index (χ0v) is 14.3. The fourth-order valence-electron chi connectivity index (χ4n) is 2.16. The molecule has 2 amide bonds. The monoisotopic (exact) mass is 349 g/mol. The Balaban J connectivity index is 1.86. The second kappa shape index (κ2) is 8.31. The lowest BCUT2D eigenvalue weighted by molar-refractivity contribution is 0.252. The van der Waals surface area contributed by atoms with Crippen LogP contribution in [0.3, 0.4) is 0 Å². The molecule has 0 spiro atoms. The fraction of sp³-hybridized carbons (Fsp3) is 0.235. The van der Waals surface area contributed by atoms with Gasteiger partial charge in [-0.1, -0.05) is 17.7 Å². The molecule has 0 atom stereocenters. The molecule has 2 aromatic carbocycles. The van der Waals surface area contributed by atoms with Crippen molar-refractivity contribution in [2.75, 3.05) is 31.8 Å². The molecule has 0 aromatic heterocycles. The van der Waals surface area contributed by atoms with E-state index in [1.165, 1.54) is 0 Å². The normalized spacial score (nSPS) is 10.1. The lowest BCUT2D eigenvalue weighted by atomic mass is 10.1. The van der Waals surface area contributed by atoms with E-state index < -0.39 is 0 Å². The van der Waals surface area contributed by atoms with Gasteiger partial charge in [0.15, 0.2) is 11.5 Å². The number of ether oxygens (including phenoxy) is 2. The molecule has 6 nitrogen and oxygen atoms in total. The van der Waals surface area contributed by atoms with Gasteiger partial charge in [-0.25, -0.2) is 4.79 Å². The molecule has 0 aliphatic heterocycles. The van der Waals surface area contributed by atoms with Crippen LogP contribution in [-0.2, 0) is 6.42 Å². The van der Waals surface area contributed by atoms with Gasteiger partial charge < -0.3 is 25.8 Å². The predicted octanol–water partition coefficient (Wildman–Crippen LogP) is 3.30. The van der Waals surface area contributed by atoms with E-state index in [2.05, 4.69) is 10.6 Å². The maximum Gasteiger partial charge on any atom is 0.319 e. The lowest BCUT2D eigenvalue weighted by Gasteiger charge is -2.11. The number of nitrogens with one attached hydrogen (secondary N) is 2. The zero-order valence-electron chi connectivity index (χ0n) is 13.6. The fourth-order valence-corrected chi connectivity index (χ4v) is 2.39. The molecule has 0 aliphatic carbocycles. The van der Waals surface area contributed by atoms with Crippen LogP contribution in [0.2, 0.25) is 5.02 Å². The largest absolute Gasteiger partial charge is 0.493 e. The number of carbonyl (C=O) groups is 1. The molecule has 2 aromatic rings. The predicted molar refractivity (Wildman–Crippen MR) is 96.1 cm³/mol. The number of anilines is 2. The minimum Gasteiger partial charge on any atom is -0.493 e. The first-order valence-corrected chi connectivity index (χ1v) is 7.72. The average molecular weight is 350 g/mol. The first kappa shape index (κ1) is 17.7. The van der Waals surface area contributed by atoms with Crippen molar-refractivity contribution in [3.8, 4) is 11.5 Å². The summed E-state index contributed by atoms with van der Waals surface area (Å²) in [5, 5.41) is 5.85. The molecule has 0 bridgehead atoms. The molecule has 24 heavy (non-hydrogen) atoms. The number of rotatable bonds is 6. The molecule has 2 rings (SSSR count). The number of hydrogen-bond donors (Lipinski definition) is 3. The van der Waals surface area contributed by atoms with Gasteiger partial charge in [0.05, 0.1) is 24.9 Å². The van der Waals surface area contributed by atoms with Gasteiger partial charge in [-0.05, 0) is 42.3 Å². The first-order valence-electron chi connectivity index (χ1n) is 7.34. The molecule has 0 unspecified atom stereocenters. The Bertz CT molecular complexity index is 722. The van der Waals surface area contributed by atoms with Gasteiger partial charge in [0.25, 0.3) is 0 Å². The Morgan fingerprint density at radius 2 is 1.88 bits per heavy atom. The Kier molecular flexibility index (Phi) is 6.14. The summed E-state index contributed by atoms with van der Waals surface area (Å²) in [5.41, 5.74) is 7.69. The highest BCUT2D eigenvalue weighted by Crippen LogP contribution is 2.27. The molecule has 0 saturated heterocycles. The van der Waals surface area contributed by atoms with E-state index in [1.54, 1.807) is 32.4 Å². The van der Waals surface area contributed by atoms with Crippen molar-refractivity contribution in [3.63, 3.8) is 0 Å². The molecule has 0 heterocycles.